The van der Waals surface area contributed by atoms with Crippen LogP contribution in [-0.4, -0.2) is 3.92 Å². The van der Waals surface area contributed by atoms with Gasteiger partial charge in [-0.2, -0.15) is 0 Å². The third kappa shape index (κ3) is 1.96. The molecule has 4 N–H and O–H groups in total. The van der Waals surface area contributed by atoms with E-state index in [9.17, 15) is 0 Å². The van der Waals surface area contributed by atoms with E-state index in [1.165, 1.54) is 0 Å². The molecular weight excluding hydrogens is 335 g/mol. The molecule has 3 heteroatoms. The molecule has 0 atom stereocenters. The molecule has 2 aromatic carbocycles. The zero-order valence-electron chi connectivity index (χ0n) is 10.9. The summed E-state index contributed by atoms with van der Waals surface area (Å²) in [5.41, 5.74) is 0. The van der Waals surface area contributed by atoms with Crippen LogP contribution in [0.15, 0.2) is 60.7 Å². The Balaban J connectivity index is 2.72. The van der Waals surface area contributed by atoms with E-state index in [4.69, 9.17) is 7.89 Å². The second-order valence-electron chi connectivity index (χ2n) is 4.73. The summed E-state index contributed by atoms with van der Waals surface area (Å²) in [4.78, 5) is 0. The van der Waals surface area contributed by atoms with Crippen LogP contribution in [0.4, 0.5) is 0 Å². The van der Waals surface area contributed by atoms with Gasteiger partial charge in [0.1, 0.15) is 0 Å². The third-order valence-electron chi connectivity index (χ3n) is 3.38. The molecule has 2 rings (SSSR count). The summed E-state index contributed by atoms with van der Waals surface area (Å²) >= 11 is -3.78. The summed E-state index contributed by atoms with van der Waals surface area (Å²) in [6.07, 6.45) is 0. The van der Waals surface area contributed by atoms with Crippen molar-refractivity contribution in [3.8, 4) is 0 Å². The van der Waals surface area contributed by atoms with Gasteiger partial charge in [-0.25, -0.2) is 0 Å². The molecule has 0 saturated carbocycles. The second kappa shape index (κ2) is 4.64. The molecule has 2 nitrogen and oxygen atoms in total. The Bertz CT molecular complexity index is 477. The van der Waals surface area contributed by atoms with Crippen LogP contribution < -0.4 is 7.89 Å². The Hall–Kier alpha value is -0.910. The monoisotopic (exact) mass is 356 g/mol. The molecule has 0 heterocycles. The van der Waals surface area contributed by atoms with Crippen molar-refractivity contribution in [3.63, 3.8) is 0 Å². The predicted molar refractivity (Wildman–Crippen MR) is 87.8 cm³/mol. The fourth-order valence-corrected chi connectivity index (χ4v) is 9.66. The van der Waals surface area contributed by atoms with E-state index in [0.29, 0.717) is 0 Å². The summed E-state index contributed by atoms with van der Waals surface area (Å²) in [6.45, 7) is 4.27. The van der Waals surface area contributed by atoms with Crippen molar-refractivity contribution in [2.75, 3.05) is 0 Å². The summed E-state index contributed by atoms with van der Waals surface area (Å²) < 4.78 is 16.3. The fraction of sp³-hybridized carbons (Fsp3) is 0.200. The van der Waals surface area contributed by atoms with E-state index in [1.807, 2.05) is 36.4 Å². The van der Waals surface area contributed by atoms with Crippen LogP contribution in [0, 0.1) is 7.14 Å². The van der Waals surface area contributed by atoms with Crippen LogP contribution in [0.1, 0.15) is 13.8 Å². The van der Waals surface area contributed by atoms with Crippen molar-refractivity contribution in [2.45, 2.75) is 17.8 Å². The summed E-state index contributed by atoms with van der Waals surface area (Å²) in [5, 5.41) is 0. The molecule has 0 unspecified atom stereocenters. The Labute approximate surface area is 111 Å². The van der Waals surface area contributed by atoms with Crippen LogP contribution in [0.5, 0.6) is 0 Å². The Morgan fingerprint density at radius 1 is 0.722 bits per heavy atom. The van der Waals surface area contributed by atoms with E-state index in [1.54, 1.807) is 0 Å². The molecule has 0 aromatic heterocycles. The molecular formula is C15H21IN2. The molecule has 0 bridgehead atoms. The zero-order chi connectivity index (χ0) is 13.3. The summed E-state index contributed by atoms with van der Waals surface area (Å²) in [5.74, 6) is 0. The number of nitrogens with two attached hydrogens (primary N) is 2. The number of rotatable bonds is 3. The number of alkyl halides is 1. The Morgan fingerprint density at radius 2 is 1.06 bits per heavy atom. The SMILES string of the molecule is CC(C)I(N)(N)(c1ccccc1)c1ccccc1. The van der Waals surface area contributed by atoms with Crippen molar-refractivity contribution >= 4 is 17.6 Å². The Kier molecular flexibility index (Phi) is 3.49. The average molecular weight is 356 g/mol. The standard InChI is InChI=1S/C15H21IN2/c1-13(2)16(17,18,14-9-5-3-6-10-14)15-11-7-4-8-12-15/h3-13H,17-18H2,1-2H3. The first kappa shape index (κ1) is 13.5. The zero-order valence-corrected chi connectivity index (χ0v) is 13.0. The topological polar surface area (TPSA) is 52.0 Å². The van der Waals surface area contributed by atoms with Gasteiger partial charge in [0, 0.05) is 0 Å². The van der Waals surface area contributed by atoms with E-state index in [-0.39, 0.29) is 3.92 Å². The Morgan fingerprint density at radius 3 is 1.33 bits per heavy atom. The fourth-order valence-electron chi connectivity index (χ4n) is 2.02. The molecule has 18 heavy (non-hydrogen) atoms. The first-order chi connectivity index (χ1) is 8.46. The van der Waals surface area contributed by atoms with Gasteiger partial charge in [-0.15, -0.1) is 0 Å². The van der Waals surface area contributed by atoms with Crippen molar-refractivity contribution in [1.82, 2.24) is 0 Å². The maximum atomic E-state index is 6.89. The molecule has 0 radical (unpaired) electrons. The van der Waals surface area contributed by atoms with Gasteiger partial charge in [-0.3, -0.25) is 0 Å². The van der Waals surface area contributed by atoms with Gasteiger partial charge in [-0.1, -0.05) is 0 Å². The molecule has 0 fully saturated rings. The molecule has 0 aliphatic carbocycles. The van der Waals surface area contributed by atoms with Crippen LogP contribution in [0.25, 0.3) is 0 Å². The van der Waals surface area contributed by atoms with Gasteiger partial charge in [0.25, 0.3) is 0 Å². The van der Waals surface area contributed by atoms with Crippen LogP contribution in [0.3, 0.4) is 0 Å². The second-order valence-corrected chi connectivity index (χ2v) is 16.1. The number of hydrogen-bond acceptors (Lipinski definition) is 2. The summed E-state index contributed by atoms with van der Waals surface area (Å²) in [6, 6.07) is 20.3. The van der Waals surface area contributed by atoms with Crippen LogP contribution in [-0.2, 0) is 0 Å². The minimum absolute atomic E-state index is 0.250. The van der Waals surface area contributed by atoms with Gasteiger partial charge >= 0.3 is 111 Å². The summed E-state index contributed by atoms with van der Waals surface area (Å²) in [7, 11) is 0. The number of hydrogen-bond donors (Lipinski definition) is 2. The molecule has 0 spiro atoms. The number of benzene rings is 2. The molecule has 98 valence electrons. The van der Waals surface area contributed by atoms with Gasteiger partial charge < -0.3 is 0 Å². The van der Waals surface area contributed by atoms with Gasteiger partial charge in [0.05, 0.1) is 0 Å². The van der Waals surface area contributed by atoms with Gasteiger partial charge in [-0.05, 0) is 0 Å². The van der Waals surface area contributed by atoms with Crippen LogP contribution >= 0.6 is 17.6 Å². The normalized spacial score (nSPS) is 14.2. The van der Waals surface area contributed by atoms with E-state index in [2.05, 4.69) is 38.1 Å². The van der Waals surface area contributed by atoms with E-state index >= 15 is 0 Å². The van der Waals surface area contributed by atoms with Crippen molar-refractivity contribution in [2.24, 2.45) is 7.89 Å². The average Bonchev–Trinajstić information content (AvgIpc) is 2.41. The van der Waals surface area contributed by atoms with E-state index in [0.717, 1.165) is 7.14 Å². The molecule has 2 aromatic rings. The predicted octanol–water partition coefficient (Wildman–Crippen LogP) is 3.46. The van der Waals surface area contributed by atoms with Crippen molar-refractivity contribution in [1.29, 1.82) is 0 Å². The first-order valence-corrected chi connectivity index (χ1v) is 11.9. The quantitative estimate of drug-likeness (QED) is 0.503. The molecule has 0 saturated heterocycles. The van der Waals surface area contributed by atoms with Gasteiger partial charge in [0.15, 0.2) is 0 Å². The maximum absolute atomic E-state index is 6.89. The number of halogens is 1. The van der Waals surface area contributed by atoms with Gasteiger partial charge in [0.2, 0.25) is 0 Å². The minimum atomic E-state index is -3.78. The van der Waals surface area contributed by atoms with Crippen molar-refractivity contribution < 1.29 is 0 Å². The van der Waals surface area contributed by atoms with Crippen molar-refractivity contribution in [3.05, 3.63) is 67.8 Å². The third-order valence-corrected chi connectivity index (χ3v) is 15.7. The first-order valence-electron chi connectivity index (χ1n) is 6.01. The molecule has 0 aliphatic heterocycles. The van der Waals surface area contributed by atoms with E-state index < -0.39 is 17.6 Å². The van der Waals surface area contributed by atoms with Crippen LogP contribution in [0.2, 0.25) is 0 Å². The molecule has 0 aliphatic rings. The molecule has 0 amide bonds.